The summed E-state index contributed by atoms with van der Waals surface area (Å²) in [7, 11) is 0. The highest BCUT2D eigenvalue weighted by atomic mass is 15.2. The van der Waals surface area contributed by atoms with Gasteiger partial charge in [-0.3, -0.25) is 4.98 Å². The van der Waals surface area contributed by atoms with Crippen LogP contribution in [0.1, 0.15) is 23.4 Å². The molecule has 0 aliphatic carbocycles. The number of nitrogens with zero attached hydrogens (tertiary/aromatic N) is 3. The summed E-state index contributed by atoms with van der Waals surface area (Å²) in [4.78, 5) is 11.5. The first-order chi connectivity index (χ1) is 11.2. The molecule has 3 rings (SSSR count). The van der Waals surface area contributed by atoms with Crippen molar-refractivity contribution in [3.63, 3.8) is 0 Å². The number of aromatic nitrogens is 2. The van der Waals surface area contributed by atoms with E-state index in [0.717, 1.165) is 36.7 Å². The Morgan fingerprint density at radius 3 is 2.87 bits per heavy atom. The zero-order valence-electron chi connectivity index (χ0n) is 14.1. The van der Waals surface area contributed by atoms with Crippen LogP contribution >= 0.6 is 0 Å². The van der Waals surface area contributed by atoms with E-state index in [4.69, 9.17) is 0 Å². The van der Waals surface area contributed by atoms with Crippen molar-refractivity contribution in [2.75, 3.05) is 31.5 Å². The van der Waals surface area contributed by atoms with Gasteiger partial charge >= 0.3 is 0 Å². The molecule has 1 aromatic carbocycles. The highest BCUT2D eigenvalue weighted by molar-refractivity contribution is 5.39. The monoisotopic (exact) mass is 310 g/mol. The SMILES string of the molecule is Cc1cnc(C)c(NCC2CCN(CCc3ccccc3)C2)n1. The van der Waals surface area contributed by atoms with Crippen LogP contribution < -0.4 is 5.32 Å². The minimum Gasteiger partial charge on any atom is -0.368 e. The number of anilines is 1. The number of benzene rings is 1. The Bertz CT molecular complexity index is 627. The second kappa shape index (κ2) is 7.55. The van der Waals surface area contributed by atoms with Gasteiger partial charge in [-0.05, 0) is 44.7 Å². The molecule has 1 fully saturated rings. The van der Waals surface area contributed by atoms with E-state index in [9.17, 15) is 0 Å². The van der Waals surface area contributed by atoms with E-state index < -0.39 is 0 Å². The Balaban J connectivity index is 1.44. The molecule has 1 atom stereocenters. The van der Waals surface area contributed by atoms with Crippen molar-refractivity contribution in [1.82, 2.24) is 14.9 Å². The maximum Gasteiger partial charge on any atom is 0.147 e. The second-order valence-electron chi connectivity index (χ2n) is 6.52. The lowest BCUT2D eigenvalue weighted by atomic mass is 10.1. The van der Waals surface area contributed by atoms with Gasteiger partial charge in [-0.2, -0.15) is 0 Å². The summed E-state index contributed by atoms with van der Waals surface area (Å²) in [6.07, 6.45) is 4.23. The van der Waals surface area contributed by atoms with Crippen LogP contribution in [-0.2, 0) is 6.42 Å². The molecule has 1 unspecified atom stereocenters. The summed E-state index contributed by atoms with van der Waals surface area (Å²) in [5.74, 6) is 1.64. The van der Waals surface area contributed by atoms with E-state index in [1.165, 1.54) is 25.1 Å². The number of hydrogen-bond donors (Lipinski definition) is 1. The lowest BCUT2D eigenvalue weighted by Crippen LogP contribution is -2.25. The van der Waals surface area contributed by atoms with Crippen molar-refractivity contribution in [1.29, 1.82) is 0 Å². The van der Waals surface area contributed by atoms with Crippen LogP contribution in [0.25, 0.3) is 0 Å². The zero-order valence-corrected chi connectivity index (χ0v) is 14.1. The van der Waals surface area contributed by atoms with E-state index in [-0.39, 0.29) is 0 Å². The Morgan fingerprint density at radius 1 is 1.22 bits per heavy atom. The molecule has 1 N–H and O–H groups in total. The smallest absolute Gasteiger partial charge is 0.147 e. The third-order valence-electron chi connectivity index (χ3n) is 4.56. The van der Waals surface area contributed by atoms with Gasteiger partial charge in [-0.15, -0.1) is 0 Å². The van der Waals surface area contributed by atoms with Gasteiger partial charge in [-0.25, -0.2) is 4.98 Å². The highest BCUT2D eigenvalue weighted by Crippen LogP contribution is 2.18. The maximum absolute atomic E-state index is 4.54. The molecule has 1 saturated heterocycles. The van der Waals surface area contributed by atoms with Crippen molar-refractivity contribution in [2.24, 2.45) is 5.92 Å². The van der Waals surface area contributed by atoms with Gasteiger partial charge in [0.25, 0.3) is 0 Å². The van der Waals surface area contributed by atoms with Gasteiger partial charge < -0.3 is 10.2 Å². The van der Waals surface area contributed by atoms with Crippen LogP contribution in [0.4, 0.5) is 5.82 Å². The lowest BCUT2D eigenvalue weighted by molar-refractivity contribution is 0.330. The normalized spacial score (nSPS) is 18.3. The fourth-order valence-corrected chi connectivity index (χ4v) is 3.16. The van der Waals surface area contributed by atoms with Gasteiger partial charge in [0.05, 0.1) is 11.4 Å². The fourth-order valence-electron chi connectivity index (χ4n) is 3.16. The average Bonchev–Trinajstić information content (AvgIpc) is 3.03. The Kier molecular flexibility index (Phi) is 5.23. The van der Waals surface area contributed by atoms with Gasteiger partial charge in [-0.1, -0.05) is 30.3 Å². The Labute approximate surface area is 139 Å². The maximum atomic E-state index is 4.54. The number of rotatable bonds is 6. The van der Waals surface area contributed by atoms with Crippen LogP contribution in [0.2, 0.25) is 0 Å². The third-order valence-corrected chi connectivity index (χ3v) is 4.56. The molecular formula is C19H26N4. The largest absolute Gasteiger partial charge is 0.368 e. The molecule has 2 heterocycles. The molecule has 4 nitrogen and oxygen atoms in total. The first-order valence-electron chi connectivity index (χ1n) is 8.51. The standard InChI is InChI=1S/C19H26N4/c1-15-12-20-16(2)19(22-15)21-13-18-9-11-23(14-18)10-8-17-6-4-3-5-7-17/h3-7,12,18H,8-11,13-14H2,1-2H3,(H,21,22). The molecule has 0 bridgehead atoms. The van der Waals surface area contributed by atoms with Gasteiger partial charge in [0.1, 0.15) is 5.82 Å². The molecule has 1 aliphatic rings. The molecule has 0 saturated carbocycles. The molecule has 2 aromatic rings. The van der Waals surface area contributed by atoms with E-state index in [1.54, 1.807) is 0 Å². The van der Waals surface area contributed by atoms with Gasteiger partial charge in [0.2, 0.25) is 0 Å². The molecule has 0 radical (unpaired) electrons. The molecule has 1 aromatic heterocycles. The first-order valence-corrected chi connectivity index (χ1v) is 8.51. The Morgan fingerprint density at radius 2 is 2.04 bits per heavy atom. The molecular weight excluding hydrogens is 284 g/mol. The summed E-state index contributed by atoms with van der Waals surface area (Å²) < 4.78 is 0. The first kappa shape index (κ1) is 15.9. The van der Waals surface area contributed by atoms with E-state index in [1.807, 2.05) is 20.0 Å². The predicted octanol–water partition coefficient (Wildman–Crippen LogP) is 3.07. The summed E-state index contributed by atoms with van der Waals surface area (Å²) >= 11 is 0. The molecule has 122 valence electrons. The average molecular weight is 310 g/mol. The van der Waals surface area contributed by atoms with Crippen molar-refractivity contribution in [3.8, 4) is 0 Å². The lowest BCUT2D eigenvalue weighted by Gasteiger charge is -2.17. The minimum atomic E-state index is 0.701. The molecule has 0 amide bonds. The summed E-state index contributed by atoms with van der Waals surface area (Å²) in [6, 6.07) is 10.8. The Hall–Kier alpha value is -1.94. The molecule has 0 spiro atoms. The van der Waals surface area contributed by atoms with E-state index in [0.29, 0.717) is 5.92 Å². The van der Waals surface area contributed by atoms with Crippen molar-refractivity contribution < 1.29 is 0 Å². The highest BCUT2D eigenvalue weighted by Gasteiger charge is 2.22. The molecule has 4 heteroatoms. The summed E-state index contributed by atoms with van der Waals surface area (Å²) in [5, 5.41) is 3.49. The van der Waals surface area contributed by atoms with E-state index >= 15 is 0 Å². The van der Waals surface area contributed by atoms with Crippen LogP contribution in [-0.4, -0.2) is 41.0 Å². The van der Waals surface area contributed by atoms with Crippen molar-refractivity contribution >= 4 is 5.82 Å². The van der Waals surface area contributed by atoms with Gasteiger partial charge in [0, 0.05) is 25.8 Å². The number of nitrogens with one attached hydrogen (secondary N) is 1. The topological polar surface area (TPSA) is 41.1 Å². The summed E-state index contributed by atoms with van der Waals surface area (Å²) in [5.41, 5.74) is 3.38. The van der Waals surface area contributed by atoms with Crippen LogP contribution in [0.15, 0.2) is 36.5 Å². The van der Waals surface area contributed by atoms with Gasteiger partial charge in [0.15, 0.2) is 0 Å². The second-order valence-corrected chi connectivity index (χ2v) is 6.52. The van der Waals surface area contributed by atoms with Crippen molar-refractivity contribution in [3.05, 3.63) is 53.5 Å². The summed E-state index contributed by atoms with van der Waals surface area (Å²) in [6.45, 7) is 8.52. The number of aryl methyl sites for hydroxylation is 2. The fraction of sp³-hybridized carbons (Fsp3) is 0.474. The molecule has 23 heavy (non-hydrogen) atoms. The minimum absolute atomic E-state index is 0.701. The quantitative estimate of drug-likeness (QED) is 0.890. The van der Waals surface area contributed by atoms with Crippen molar-refractivity contribution in [2.45, 2.75) is 26.7 Å². The number of hydrogen-bond acceptors (Lipinski definition) is 4. The third kappa shape index (κ3) is 4.52. The molecule has 1 aliphatic heterocycles. The zero-order chi connectivity index (χ0) is 16.1. The van der Waals surface area contributed by atoms with Crippen LogP contribution in [0.5, 0.6) is 0 Å². The van der Waals surface area contributed by atoms with E-state index in [2.05, 4.69) is 50.5 Å². The number of likely N-dealkylation sites (tertiary alicyclic amines) is 1. The van der Waals surface area contributed by atoms with Crippen LogP contribution in [0.3, 0.4) is 0 Å². The van der Waals surface area contributed by atoms with Crippen LogP contribution in [0, 0.1) is 19.8 Å². The predicted molar refractivity (Wildman–Crippen MR) is 94.7 cm³/mol.